The molecule has 10 rings (SSSR count). The number of aromatic amines is 1. The van der Waals surface area contributed by atoms with Crippen molar-refractivity contribution in [2.24, 2.45) is 0 Å². The quantitative estimate of drug-likeness (QED) is 0.0565. The van der Waals surface area contributed by atoms with Gasteiger partial charge in [0.15, 0.2) is 0 Å². The summed E-state index contributed by atoms with van der Waals surface area (Å²) in [6.07, 6.45) is 12.4. The van der Waals surface area contributed by atoms with E-state index in [-0.39, 0.29) is 20.1 Å². The zero-order chi connectivity index (χ0) is 52.9. The summed E-state index contributed by atoms with van der Waals surface area (Å²) in [6, 6.07) is 31.7. The summed E-state index contributed by atoms with van der Waals surface area (Å²) in [4.78, 5) is 51.4. The van der Waals surface area contributed by atoms with Crippen LogP contribution in [0.3, 0.4) is 0 Å². The molecular formula is C54H70Br4N10O7. The van der Waals surface area contributed by atoms with Gasteiger partial charge in [0.25, 0.3) is 0 Å². The van der Waals surface area contributed by atoms with E-state index >= 15 is 0 Å². The van der Waals surface area contributed by atoms with Crippen LogP contribution in [-0.2, 0) is 25.7 Å². The minimum absolute atomic E-state index is 0. The smallest absolute Gasteiger partial charge is 0.209 e. The number of aliphatic hydroxyl groups is 3. The van der Waals surface area contributed by atoms with E-state index < -0.39 is 12.2 Å². The van der Waals surface area contributed by atoms with E-state index in [2.05, 4.69) is 106 Å². The van der Waals surface area contributed by atoms with Crippen molar-refractivity contribution in [1.82, 2.24) is 49.3 Å². The molecule has 0 saturated carbocycles. The normalized spacial score (nSPS) is 17.3. The van der Waals surface area contributed by atoms with Gasteiger partial charge < -0.3 is 49.6 Å². The van der Waals surface area contributed by atoms with Gasteiger partial charge in [-0.3, -0.25) is 24.2 Å². The van der Waals surface area contributed by atoms with Crippen LogP contribution in [0.2, 0.25) is 0 Å². The summed E-state index contributed by atoms with van der Waals surface area (Å²) in [5, 5.41) is 32.8. The number of hydrogen-bond donors (Lipinski definition) is 5. The van der Waals surface area contributed by atoms with Crippen molar-refractivity contribution in [2.75, 3.05) is 98.3 Å². The zero-order valence-corrected chi connectivity index (χ0v) is 47.5. The van der Waals surface area contributed by atoms with Crippen molar-refractivity contribution in [1.29, 1.82) is 0 Å². The summed E-state index contributed by atoms with van der Waals surface area (Å²) in [7, 11) is 0. The molecule has 4 atom stereocenters. The van der Waals surface area contributed by atoms with E-state index in [0.717, 1.165) is 139 Å². The fourth-order valence-corrected chi connectivity index (χ4v) is 8.72. The number of nitrogens with one attached hydrogen (secondary N) is 2. The van der Waals surface area contributed by atoms with Gasteiger partial charge in [0.2, 0.25) is 19.2 Å². The number of carbonyl (C=O) groups excluding carboxylic acids is 3. The monoisotopic (exact) mass is 1290 g/mol. The van der Waals surface area contributed by atoms with Crippen LogP contribution in [0, 0.1) is 0 Å². The van der Waals surface area contributed by atoms with Crippen LogP contribution in [0.5, 0.6) is 0 Å². The predicted molar refractivity (Wildman–Crippen MR) is 306 cm³/mol. The van der Waals surface area contributed by atoms with Gasteiger partial charge in [0.1, 0.15) is 6.10 Å². The molecule has 3 amide bonds. The van der Waals surface area contributed by atoms with Crippen LogP contribution in [0.15, 0.2) is 152 Å². The molecule has 4 aromatic carbocycles. The van der Waals surface area contributed by atoms with Gasteiger partial charge in [0, 0.05) is 128 Å². The van der Waals surface area contributed by atoms with Gasteiger partial charge >= 0.3 is 0 Å². The van der Waals surface area contributed by atoms with E-state index in [1.807, 2.05) is 95.7 Å². The average molecular weight is 1290 g/mol. The van der Waals surface area contributed by atoms with Gasteiger partial charge in [-0.05, 0) is 70.8 Å². The molecule has 2 aromatic heterocycles. The number of β-amino-alcohol motifs (C(OH)–C–C–N with tert-alkyl or cyclic N) is 1. The lowest BCUT2D eigenvalue weighted by Gasteiger charge is -2.37. The van der Waals surface area contributed by atoms with Crippen molar-refractivity contribution >= 4 is 83.0 Å². The number of carbonyl (C=O) groups is 3. The number of piperazine rings is 3. The predicted octanol–water partition coefficient (Wildman–Crippen LogP) is 7.51. The van der Waals surface area contributed by atoms with Crippen LogP contribution >= 0.6 is 63.7 Å². The summed E-state index contributed by atoms with van der Waals surface area (Å²) < 4.78 is 11.2. The van der Waals surface area contributed by atoms with Crippen molar-refractivity contribution < 1.29 is 34.4 Å². The van der Waals surface area contributed by atoms with Gasteiger partial charge in [-0.1, -0.05) is 120 Å². The van der Waals surface area contributed by atoms with Crippen LogP contribution in [-0.4, -0.2) is 177 Å². The highest BCUT2D eigenvalue weighted by molar-refractivity contribution is 9.11. The molecule has 1 unspecified atom stereocenters. The number of hydrogen-bond acceptors (Lipinski definition) is 12. The molecule has 4 aliphatic heterocycles. The first-order chi connectivity index (χ1) is 36.0. The summed E-state index contributed by atoms with van der Waals surface area (Å²) in [5.41, 5.74) is 4.23. The topological polar surface area (TPSA) is 199 Å². The number of nitrogens with zero attached hydrogens (tertiary/aromatic N) is 8. The zero-order valence-electron chi connectivity index (χ0n) is 41.1. The molecule has 4 saturated heterocycles. The number of amides is 3. The van der Waals surface area contributed by atoms with E-state index in [0.29, 0.717) is 19.2 Å². The summed E-state index contributed by atoms with van der Waals surface area (Å²) in [6.45, 7) is 12.0. The Hall–Kier alpha value is -4.65. The molecule has 6 heterocycles. The second-order valence-electron chi connectivity index (χ2n) is 17.3. The molecule has 21 heteroatoms. The number of halogens is 4. The van der Waals surface area contributed by atoms with Crippen molar-refractivity contribution in [3.05, 3.63) is 175 Å². The highest BCUT2D eigenvalue weighted by Crippen LogP contribution is 2.30. The molecule has 0 spiro atoms. The molecule has 0 aliphatic carbocycles. The molecule has 4 aliphatic rings. The molecule has 406 valence electrons. The maximum atomic E-state index is 10.7. The maximum Gasteiger partial charge on any atom is 0.209 e. The minimum atomic E-state index is -0.493. The van der Waals surface area contributed by atoms with Crippen molar-refractivity contribution in [3.8, 4) is 0 Å². The first kappa shape index (κ1) is 62.9. The lowest BCUT2D eigenvalue weighted by molar-refractivity contribution is -0.120. The lowest BCUT2D eigenvalue weighted by atomic mass is 10.1. The van der Waals surface area contributed by atoms with E-state index in [1.165, 1.54) is 5.56 Å². The third-order valence-electron chi connectivity index (χ3n) is 12.1. The number of H-pyrrole nitrogens is 1. The van der Waals surface area contributed by atoms with Crippen LogP contribution in [0.4, 0.5) is 0 Å². The van der Waals surface area contributed by atoms with Gasteiger partial charge in [-0.15, -0.1) is 0 Å². The Morgan fingerprint density at radius 3 is 1.44 bits per heavy atom. The third kappa shape index (κ3) is 24.1. The van der Waals surface area contributed by atoms with Crippen LogP contribution in [0.1, 0.15) is 54.0 Å². The highest BCUT2D eigenvalue weighted by atomic mass is 79.9. The van der Waals surface area contributed by atoms with E-state index in [4.69, 9.17) is 4.74 Å². The van der Waals surface area contributed by atoms with Crippen molar-refractivity contribution in [2.45, 2.75) is 38.3 Å². The number of aromatic nitrogens is 4. The molecule has 4 fully saturated rings. The first-order valence-electron chi connectivity index (χ1n) is 24.2. The van der Waals surface area contributed by atoms with Crippen LogP contribution in [0.25, 0.3) is 0 Å². The minimum Gasteiger partial charge on any atom is -0.394 e. The Balaban J connectivity index is 0.000000202. The fraction of sp³-hybridized carbons (Fsp3) is 0.389. The highest BCUT2D eigenvalue weighted by Gasteiger charge is 2.25. The maximum absolute atomic E-state index is 10.7. The number of aliphatic hydroxyl groups excluding tert-OH is 3. The molecule has 75 heavy (non-hydrogen) atoms. The molecule has 0 bridgehead atoms. The van der Waals surface area contributed by atoms with Gasteiger partial charge in [-0.25, -0.2) is 9.97 Å². The van der Waals surface area contributed by atoms with Crippen molar-refractivity contribution in [3.63, 3.8) is 0 Å². The number of benzene rings is 4. The Kier molecular flexibility index (Phi) is 29.9. The second-order valence-corrected chi connectivity index (χ2v) is 21.0. The number of ether oxygens (including phenoxy) is 1. The number of epoxide rings is 1. The standard InChI is InChI=1S/2C13H17BrN2O2.C11H11BrN2O.C8H7BrO.C5H10N2O.C3H4N2.CH4/c14-12-3-1-11(2-4-12)13(9-17)16-7-5-15(10-18)6-8-16;14-12-3-1-11(2-4-12)13(18)9-15-5-7-16(10-17)8-6-15;12-10-3-1-9(2-4-10)11(15)7-14-6-5-13-8-14;9-7-3-1-6(2-4-7)8-5-10-8;8-5-7-3-1-6-2-4-7;1-2-5-3-4-1;/h1-4,10,13,17H,5-9H2;1-4,10,13,18H,5-9H2;1-6,8,11,15H,7H2;1-4,8H,5H2;5-6H,1-4H2;1-3H,(H,4,5);1H4/t2*13-;11-;;;;/m011..../s1. The molecule has 17 nitrogen and oxygen atoms in total. The Morgan fingerprint density at radius 2 is 1.05 bits per heavy atom. The number of rotatable bonds is 13. The lowest BCUT2D eigenvalue weighted by Crippen LogP contribution is -2.47. The van der Waals surface area contributed by atoms with Crippen LogP contribution < -0.4 is 5.32 Å². The third-order valence-corrected chi connectivity index (χ3v) is 14.2. The first-order valence-corrected chi connectivity index (χ1v) is 27.4. The Bertz CT molecular complexity index is 2390. The second kappa shape index (κ2) is 35.6. The van der Waals surface area contributed by atoms with Gasteiger partial charge in [0.05, 0.1) is 50.7 Å². The number of imidazole rings is 2. The fourth-order valence-electron chi connectivity index (χ4n) is 7.66. The molecule has 6 aromatic rings. The Labute approximate surface area is 474 Å². The molecule has 0 radical (unpaired) electrons. The molecule has 5 N–H and O–H groups in total. The van der Waals surface area contributed by atoms with Gasteiger partial charge in [-0.2, -0.15) is 0 Å². The van der Waals surface area contributed by atoms with E-state index in [1.54, 1.807) is 45.9 Å². The Morgan fingerprint density at radius 1 is 0.600 bits per heavy atom. The largest absolute Gasteiger partial charge is 0.394 e. The SMILES string of the molecule is Brc1ccc(C2CO2)cc1.C.O=CN1CCN(C[C@@H](O)c2ccc(Br)cc2)CC1.O=CN1CCN([C@@H](CO)c2ccc(Br)cc2)CC1.O=CN1CCNCC1.O[C@H](Cn1ccnc1)c1ccc(Br)cc1.c1c[nH]cn1. The summed E-state index contributed by atoms with van der Waals surface area (Å²) in [5.74, 6) is 0. The molecular weight excluding hydrogens is 1220 g/mol. The van der Waals surface area contributed by atoms with E-state index in [9.17, 15) is 29.7 Å². The summed E-state index contributed by atoms with van der Waals surface area (Å²) >= 11 is 13.5. The average Bonchev–Trinajstić information content (AvgIpc) is 3.81.